The van der Waals surface area contributed by atoms with E-state index in [-0.39, 0.29) is 11.6 Å². The molecule has 0 radical (unpaired) electrons. The van der Waals surface area contributed by atoms with Gasteiger partial charge in [-0.1, -0.05) is 0 Å². The normalized spacial score (nSPS) is 20.0. The van der Waals surface area contributed by atoms with Crippen molar-refractivity contribution in [2.75, 3.05) is 13.1 Å². The summed E-state index contributed by atoms with van der Waals surface area (Å²) in [6, 6.07) is 1.29. The Labute approximate surface area is 102 Å². The minimum absolute atomic E-state index is 0.127. The summed E-state index contributed by atoms with van der Waals surface area (Å²) in [7, 11) is 0. The second-order valence-corrected chi connectivity index (χ2v) is 4.41. The molecule has 1 fully saturated rings. The molecule has 98 valence electrons. The van der Waals surface area contributed by atoms with Crippen LogP contribution in [0.1, 0.15) is 23.2 Å². The van der Waals surface area contributed by atoms with Crippen LogP contribution in [0.25, 0.3) is 0 Å². The molecule has 0 spiro atoms. The molecule has 2 N–H and O–H groups in total. The first-order valence-corrected chi connectivity index (χ1v) is 5.68. The van der Waals surface area contributed by atoms with Gasteiger partial charge in [-0.05, 0) is 25.0 Å². The molecule has 1 unspecified atom stereocenters. The average molecular weight is 258 g/mol. The number of rotatable bonds is 1. The number of hydrogen-bond acceptors (Lipinski definition) is 2. The Morgan fingerprint density at radius 1 is 1.28 bits per heavy atom. The van der Waals surface area contributed by atoms with Crippen LogP contribution in [0.4, 0.5) is 13.2 Å². The summed E-state index contributed by atoms with van der Waals surface area (Å²) in [5.41, 5.74) is 5.53. The van der Waals surface area contributed by atoms with E-state index in [1.54, 1.807) is 0 Å². The van der Waals surface area contributed by atoms with E-state index < -0.39 is 23.4 Å². The summed E-state index contributed by atoms with van der Waals surface area (Å²) in [5.74, 6) is -4.82. The highest BCUT2D eigenvalue weighted by Gasteiger charge is 2.24. The zero-order valence-electron chi connectivity index (χ0n) is 9.63. The molecule has 18 heavy (non-hydrogen) atoms. The lowest BCUT2D eigenvalue weighted by atomic mass is 10.1. The fourth-order valence-corrected chi connectivity index (χ4v) is 2.06. The molecular formula is C12H13F3N2O. The van der Waals surface area contributed by atoms with Crippen LogP contribution in [0.15, 0.2) is 12.1 Å². The Hall–Kier alpha value is -1.56. The third-order valence-electron chi connectivity index (χ3n) is 2.98. The van der Waals surface area contributed by atoms with Gasteiger partial charge in [-0.25, -0.2) is 13.2 Å². The molecule has 1 heterocycles. The molecule has 1 amide bonds. The summed E-state index contributed by atoms with van der Waals surface area (Å²) in [6.45, 7) is 0.840. The van der Waals surface area contributed by atoms with Gasteiger partial charge in [0.25, 0.3) is 5.91 Å². The fraction of sp³-hybridized carbons (Fsp3) is 0.417. The first kappa shape index (κ1) is 12.9. The maximum Gasteiger partial charge on any atom is 0.254 e. The van der Waals surface area contributed by atoms with Crippen LogP contribution in [0, 0.1) is 17.5 Å². The highest BCUT2D eigenvalue weighted by atomic mass is 19.2. The largest absolute Gasteiger partial charge is 0.337 e. The Balaban J connectivity index is 2.23. The Kier molecular flexibility index (Phi) is 3.56. The van der Waals surface area contributed by atoms with E-state index in [2.05, 4.69) is 0 Å². The second-order valence-electron chi connectivity index (χ2n) is 4.41. The molecule has 1 aliphatic rings. The summed E-state index contributed by atoms with van der Waals surface area (Å²) in [6.07, 6.45) is 1.56. The average Bonchev–Trinajstić information content (AvgIpc) is 2.34. The number of amides is 1. The zero-order valence-corrected chi connectivity index (χ0v) is 9.63. The van der Waals surface area contributed by atoms with E-state index in [9.17, 15) is 18.0 Å². The number of benzene rings is 1. The number of carbonyl (C=O) groups excluding carboxylic acids is 1. The van der Waals surface area contributed by atoms with E-state index in [4.69, 9.17) is 5.73 Å². The molecule has 3 nitrogen and oxygen atoms in total. The van der Waals surface area contributed by atoms with E-state index in [1.807, 2.05) is 0 Å². The molecular weight excluding hydrogens is 245 g/mol. The number of nitrogens with two attached hydrogens (primary N) is 1. The van der Waals surface area contributed by atoms with Crippen LogP contribution in [-0.4, -0.2) is 29.9 Å². The van der Waals surface area contributed by atoms with Gasteiger partial charge < -0.3 is 10.6 Å². The van der Waals surface area contributed by atoms with Gasteiger partial charge in [0.05, 0.1) is 0 Å². The number of halogens is 3. The van der Waals surface area contributed by atoms with Crippen molar-refractivity contribution in [2.45, 2.75) is 18.9 Å². The molecule has 0 aromatic heterocycles. The van der Waals surface area contributed by atoms with E-state index in [1.165, 1.54) is 4.90 Å². The Bertz CT molecular complexity index is 455. The predicted octanol–water partition coefficient (Wildman–Crippen LogP) is 1.67. The zero-order chi connectivity index (χ0) is 13.3. The summed E-state index contributed by atoms with van der Waals surface area (Å²) in [5, 5.41) is 0. The Morgan fingerprint density at radius 3 is 2.44 bits per heavy atom. The minimum Gasteiger partial charge on any atom is -0.337 e. The summed E-state index contributed by atoms with van der Waals surface area (Å²) >= 11 is 0. The van der Waals surface area contributed by atoms with Gasteiger partial charge in [0.15, 0.2) is 17.5 Å². The van der Waals surface area contributed by atoms with E-state index in [0.29, 0.717) is 25.2 Å². The maximum atomic E-state index is 13.0. The molecule has 0 saturated carbocycles. The van der Waals surface area contributed by atoms with Crippen molar-refractivity contribution in [1.29, 1.82) is 0 Å². The summed E-state index contributed by atoms with van der Waals surface area (Å²) in [4.78, 5) is 13.4. The van der Waals surface area contributed by atoms with Crippen LogP contribution in [0.3, 0.4) is 0 Å². The van der Waals surface area contributed by atoms with Crippen molar-refractivity contribution in [3.63, 3.8) is 0 Å². The van der Waals surface area contributed by atoms with Gasteiger partial charge >= 0.3 is 0 Å². The summed E-state index contributed by atoms with van der Waals surface area (Å²) < 4.78 is 38.9. The first-order valence-electron chi connectivity index (χ1n) is 5.68. The van der Waals surface area contributed by atoms with Crippen LogP contribution >= 0.6 is 0 Å². The van der Waals surface area contributed by atoms with Crippen molar-refractivity contribution in [3.8, 4) is 0 Å². The highest BCUT2D eigenvalue weighted by Crippen LogP contribution is 2.17. The molecule has 2 rings (SSSR count). The van der Waals surface area contributed by atoms with Crippen molar-refractivity contribution < 1.29 is 18.0 Å². The van der Waals surface area contributed by atoms with Gasteiger partial charge in [-0.15, -0.1) is 0 Å². The number of piperidine rings is 1. The standard InChI is InChI=1S/C12H13F3N2O/c13-9-4-7(5-10(14)11(9)15)12(18)17-3-1-2-8(16)6-17/h4-5,8H,1-3,6,16H2. The predicted molar refractivity (Wildman–Crippen MR) is 59.4 cm³/mol. The van der Waals surface area contributed by atoms with Crippen molar-refractivity contribution in [1.82, 2.24) is 4.90 Å². The second kappa shape index (κ2) is 4.97. The van der Waals surface area contributed by atoms with E-state index >= 15 is 0 Å². The smallest absolute Gasteiger partial charge is 0.254 e. The van der Waals surface area contributed by atoms with Crippen molar-refractivity contribution in [3.05, 3.63) is 35.1 Å². The molecule has 6 heteroatoms. The van der Waals surface area contributed by atoms with Crippen molar-refractivity contribution >= 4 is 5.91 Å². The highest BCUT2D eigenvalue weighted by molar-refractivity contribution is 5.94. The van der Waals surface area contributed by atoms with Gasteiger partial charge in [0, 0.05) is 24.7 Å². The minimum atomic E-state index is -1.57. The SMILES string of the molecule is NC1CCCN(C(=O)c2cc(F)c(F)c(F)c2)C1. The number of carbonyl (C=O) groups is 1. The van der Waals surface area contributed by atoms with Gasteiger partial charge in [0.2, 0.25) is 0 Å². The molecule has 0 aliphatic carbocycles. The van der Waals surface area contributed by atoms with E-state index in [0.717, 1.165) is 12.8 Å². The van der Waals surface area contributed by atoms with Crippen LogP contribution in [0.2, 0.25) is 0 Å². The fourth-order valence-electron chi connectivity index (χ4n) is 2.06. The van der Waals surface area contributed by atoms with Crippen LogP contribution < -0.4 is 5.73 Å². The third kappa shape index (κ3) is 2.48. The number of hydrogen-bond donors (Lipinski definition) is 1. The monoisotopic (exact) mass is 258 g/mol. The molecule has 0 bridgehead atoms. The first-order chi connectivity index (χ1) is 8.49. The molecule has 1 aliphatic heterocycles. The quantitative estimate of drug-likeness (QED) is 0.779. The van der Waals surface area contributed by atoms with Crippen LogP contribution in [-0.2, 0) is 0 Å². The molecule has 1 aromatic rings. The lowest BCUT2D eigenvalue weighted by Gasteiger charge is -2.30. The molecule has 1 aromatic carbocycles. The molecule has 1 atom stereocenters. The van der Waals surface area contributed by atoms with Gasteiger partial charge in [0.1, 0.15) is 0 Å². The van der Waals surface area contributed by atoms with Crippen LogP contribution in [0.5, 0.6) is 0 Å². The number of likely N-dealkylation sites (tertiary alicyclic amines) is 1. The maximum absolute atomic E-state index is 13.0. The number of nitrogens with zero attached hydrogens (tertiary/aromatic N) is 1. The molecule has 1 saturated heterocycles. The third-order valence-corrected chi connectivity index (χ3v) is 2.98. The lowest BCUT2D eigenvalue weighted by molar-refractivity contribution is 0.0707. The lowest BCUT2D eigenvalue weighted by Crippen LogP contribution is -2.45. The Morgan fingerprint density at radius 2 is 1.89 bits per heavy atom. The van der Waals surface area contributed by atoms with Gasteiger partial charge in [-0.2, -0.15) is 0 Å². The van der Waals surface area contributed by atoms with Gasteiger partial charge in [-0.3, -0.25) is 4.79 Å². The van der Waals surface area contributed by atoms with Crippen molar-refractivity contribution in [2.24, 2.45) is 5.73 Å². The topological polar surface area (TPSA) is 46.3 Å².